The van der Waals surface area contributed by atoms with E-state index in [1.165, 1.54) is 0 Å². The smallest absolute Gasteiger partial charge is 0.367 e. The van der Waals surface area contributed by atoms with Crippen molar-refractivity contribution < 1.29 is 29.5 Å². The van der Waals surface area contributed by atoms with Gasteiger partial charge >= 0.3 is 5.97 Å². The molecule has 0 bridgehead atoms. The molecule has 0 aliphatic carbocycles. The maximum absolute atomic E-state index is 12.2. The Morgan fingerprint density at radius 3 is 2.11 bits per heavy atom. The van der Waals surface area contributed by atoms with E-state index < -0.39 is 18.2 Å². The summed E-state index contributed by atoms with van der Waals surface area (Å²) in [5, 5.41) is 0. The number of cyclic esters (lactones) is 1. The van der Waals surface area contributed by atoms with Crippen molar-refractivity contribution in [3.8, 4) is 0 Å². The summed E-state index contributed by atoms with van der Waals surface area (Å²) in [5.74, 6) is -0.385. The molecule has 4 atom stereocenters. The molecule has 1 aliphatic heterocycles. The van der Waals surface area contributed by atoms with Gasteiger partial charge in [0, 0.05) is 0 Å². The highest BCUT2D eigenvalue weighted by molar-refractivity contribution is 5.74. The molecule has 0 amide bonds. The first-order valence-electron chi connectivity index (χ1n) is 9.56. The van der Waals surface area contributed by atoms with Crippen LogP contribution < -0.4 is 5.73 Å². The Morgan fingerprint density at radius 1 is 0.929 bits per heavy atom. The van der Waals surface area contributed by atoms with Gasteiger partial charge in [0.1, 0.15) is 24.9 Å². The quantitative estimate of drug-likeness (QED) is 0.765. The Labute approximate surface area is 165 Å². The molecule has 1 aliphatic rings. The number of ether oxygens (including phenoxy) is 4. The summed E-state index contributed by atoms with van der Waals surface area (Å²) >= 11 is 0. The third kappa shape index (κ3) is 5.87. The monoisotopic (exact) mass is 386 g/mol. The molecular weight excluding hydrogens is 358 g/mol. The lowest BCUT2D eigenvalue weighted by molar-refractivity contribution is -0.415. The lowest BCUT2D eigenvalue weighted by atomic mass is 10.1. The van der Waals surface area contributed by atoms with Crippen molar-refractivity contribution in [2.75, 3.05) is 13.2 Å². The van der Waals surface area contributed by atoms with Crippen LogP contribution in [0.3, 0.4) is 0 Å². The molecule has 3 N–H and O–H groups in total. The van der Waals surface area contributed by atoms with Crippen molar-refractivity contribution in [1.29, 1.82) is 0 Å². The van der Waals surface area contributed by atoms with Crippen molar-refractivity contribution in [2.45, 2.75) is 44.5 Å². The van der Waals surface area contributed by atoms with E-state index in [1.54, 1.807) is 0 Å². The molecule has 2 aromatic rings. The van der Waals surface area contributed by atoms with Crippen LogP contribution in [0.2, 0.25) is 0 Å². The van der Waals surface area contributed by atoms with Crippen molar-refractivity contribution in [2.24, 2.45) is 0 Å². The molecule has 6 heteroatoms. The van der Waals surface area contributed by atoms with Crippen molar-refractivity contribution in [1.82, 2.24) is 0 Å². The van der Waals surface area contributed by atoms with Gasteiger partial charge in [0.2, 0.25) is 6.04 Å². The van der Waals surface area contributed by atoms with Crippen LogP contribution in [0.15, 0.2) is 60.7 Å². The van der Waals surface area contributed by atoms with E-state index in [0.29, 0.717) is 19.8 Å². The number of rotatable bonds is 6. The average molecular weight is 386 g/mol. The van der Waals surface area contributed by atoms with Crippen LogP contribution >= 0.6 is 0 Å². The third-order valence-electron chi connectivity index (χ3n) is 4.66. The molecule has 1 fully saturated rings. The topological polar surface area (TPSA) is 81.6 Å². The summed E-state index contributed by atoms with van der Waals surface area (Å²) in [5.41, 5.74) is 5.91. The van der Waals surface area contributed by atoms with Crippen molar-refractivity contribution in [3.63, 3.8) is 0 Å². The maximum Gasteiger partial charge on any atom is 0.367 e. The van der Waals surface area contributed by atoms with E-state index in [1.807, 2.05) is 67.6 Å². The Morgan fingerprint density at radius 2 is 1.50 bits per heavy atom. The van der Waals surface area contributed by atoms with Crippen LogP contribution in [-0.4, -0.2) is 43.5 Å². The molecule has 3 rings (SSSR count). The highest BCUT2D eigenvalue weighted by atomic mass is 16.6. The van der Waals surface area contributed by atoms with Gasteiger partial charge in [-0.05, 0) is 18.1 Å². The number of esters is 1. The van der Waals surface area contributed by atoms with Crippen molar-refractivity contribution >= 4 is 5.97 Å². The number of carbonyl (C=O) groups excluding carboxylic acids is 1. The maximum atomic E-state index is 12.2. The molecule has 2 aromatic carbocycles. The number of hydrogen-bond donors (Lipinski definition) is 1. The van der Waals surface area contributed by atoms with Gasteiger partial charge in [0.25, 0.3) is 0 Å². The molecular formula is C22H28NO5+. The second-order valence-electron chi connectivity index (χ2n) is 6.97. The van der Waals surface area contributed by atoms with Gasteiger partial charge in [-0.3, -0.25) is 0 Å². The zero-order valence-corrected chi connectivity index (χ0v) is 16.2. The van der Waals surface area contributed by atoms with E-state index in [9.17, 15) is 4.79 Å². The first-order valence-corrected chi connectivity index (χ1v) is 9.56. The fraction of sp³-hybridized carbons (Fsp3) is 0.409. The summed E-state index contributed by atoms with van der Waals surface area (Å²) in [4.78, 5) is 12.2. The molecule has 0 saturated carbocycles. The molecule has 1 saturated heterocycles. The normalized spacial score (nSPS) is 26.0. The molecule has 1 heterocycles. The van der Waals surface area contributed by atoms with Crippen LogP contribution in [0.25, 0.3) is 0 Å². The fourth-order valence-electron chi connectivity index (χ4n) is 3.07. The number of carbonyl (C=O) groups is 1. The van der Waals surface area contributed by atoms with Gasteiger partial charge in [-0.1, -0.05) is 60.7 Å². The van der Waals surface area contributed by atoms with Gasteiger partial charge < -0.3 is 24.7 Å². The summed E-state index contributed by atoms with van der Waals surface area (Å²) in [6.07, 6.45) is -1.32. The van der Waals surface area contributed by atoms with Gasteiger partial charge in [-0.2, -0.15) is 0 Å². The van der Waals surface area contributed by atoms with Gasteiger partial charge in [-0.15, -0.1) is 0 Å². The lowest BCUT2D eigenvalue weighted by Gasteiger charge is -2.30. The van der Waals surface area contributed by atoms with Gasteiger partial charge in [-0.25, -0.2) is 4.79 Å². The van der Waals surface area contributed by atoms with Gasteiger partial charge in [0.15, 0.2) is 0 Å². The molecule has 0 spiro atoms. The first-order chi connectivity index (χ1) is 13.6. The largest absolute Gasteiger partial charge is 0.455 e. The molecule has 0 radical (unpaired) electrons. The van der Waals surface area contributed by atoms with E-state index >= 15 is 0 Å². The summed E-state index contributed by atoms with van der Waals surface area (Å²) in [6, 6.07) is 19.2. The Balaban J connectivity index is 1.72. The predicted octanol–water partition coefficient (Wildman–Crippen LogP) is 1.73. The summed E-state index contributed by atoms with van der Waals surface area (Å²) < 4.78 is 23.6. The van der Waals surface area contributed by atoms with Crippen LogP contribution in [0.4, 0.5) is 0 Å². The van der Waals surface area contributed by atoms with Crippen LogP contribution in [0, 0.1) is 0 Å². The Bertz CT molecular complexity index is 724. The van der Waals surface area contributed by atoms with Gasteiger partial charge in [0.05, 0.1) is 19.8 Å². The average Bonchev–Trinajstić information content (AvgIpc) is 2.76. The third-order valence-corrected chi connectivity index (χ3v) is 4.66. The van der Waals surface area contributed by atoms with Crippen molar-refractivity contribution in [3.05, 3.63) is 71.8 Å². The van der Waals surface area contributed by atoms with E-state index in [4.69, 9.17) is 18.9 Å². The van der Waals surface area contributed by atoms with Crippen LogP contribution in [0.1, 0.15) is 18.1 Å². The highest BCUT2D eigenvalue weighted by Crippen LogP contribution is 2.19. The number of hydrogen-bond acceptors (Lipinski definition) is 5. The molecule has 6 nitrogen and oxygen atoms in total. The highest BCUT2D eigenvalue weighted by Gasteiger charge is 2.35. The van der Waals surface area contributed by atoms with E-state index in [2.05, 4.69) is 5.73 Å². The molecule has 0 aromatic heterocycles. The molecule has 0 unspecified atom stereocenters. The zero-order valence-electron chi connectivity index (χ0n) is 16.2. The Hall–Kier alpha value is -2.25. The summed E-state index contributed by atoms with van der Waals surface area (Å²) in [7, 11) is 0. The van der Waals surface area contributed by atoms with Crippen LogP contribution in [-0.2, 0) is 37.0 Å². The fourth-order valence-corrected chi connectivity index (χ4v) is 3.07. The molecule has 150 valence electrons. The number of quaternary nitrogens is 1. The van der Waals surface area contributed by atoms with E-state index in [-0.39, 0.29) is 18.7 Å². The minimum Gasteiger partial charge on any atom is -0.455 e. The minimum absolute atomic E-state index is 0.197. The minimum atomic E-state index is -0.565. The standard InChI is InChI=1S/C22H27NO5/c1-16-21(27-13-18-10-6-3-7-11-18)20(15-25-14-19(23)22(24)28-16)26-12-17-8-4-2-5-9-17/h2-11,16,19-21H,12-15,23H2,1H3/p+1/t16-,19+,20+,21+/m1/s1. The SMILES string of the molecule is C[C@H]1OC(=O)[C@@H]([NH3+])COC[C@H](OCc2ccccc2)[C@H]1OCc1ccccc1. The summed E-state index contributed by atoms with van der Waals surface area (Å²) in [6.45, 7) is 3.15. The second kappa shape index (κ2) is 10.3. The predicted molar refractivity (Wildman–Crippen MR) is 103 cm³/mol. The lowest BCUT2D eigenvalue weighted by Crippen LogP contribution is -2.67. The second-order valence-corrected chi connectivity index (χ2v) is 6.97. The first kappa shape index (κ1) is 20.5. The van der Waals surface area contributed by atoms with E-state index in [0.717, 1.165) is 11.1 Å². The number of benzene rings is 2. The Kier molecular flexibility index (Phi) is 7.56. The molecule has 28 heavy (non-hydrogen) atoms. The zero-order chi connectivity index (χ0) is 19.8. The van der Waals surface area contributed by atoms with Crippen LogP contribution in [0.5, 0.6) is 0 Å².